The van der Waals surface area contributed by atoms with Crippen molar-refractivity contribution in [3.8, 4) is 11.3 Å². The summed E-state index contributed by atoms with van der Waals surface area (Å²) in [5, 5.41) is 4.21. The van der Waals surface area contributed by atoms with Gasteiger partial charge in [-0.15, -0.1) is 0 Å². The van der Waals surface area contributed by atoms with Crippen molar-refractivity contribution in [3.05, 3.63) is 60.2 Å². The third-order valence-electron chi connectivity index (χ3n) is 5.28. The molecule has 3 aromatic rings. The molecular weight excluding hydrogens is 320 g/mol. The van der Waals surface area contributed by atoms with E-state index in [0.29, 0.717) is 5.92 Å². The Balaban J connectivity index is 1.61. The summed E-state index contributed by atoms with van der Waals surface area (Å²) >= 11 is 0. The predicted octanol–water partition coefficient (Wildman–Crippen LogP) is 5.76. The Labute approximate surface area is 154 Å². The zero-order valence-electron chi connectivity index (χ0n) is 15.3. The van der Waals surface area contributed by atoms with E-state index in [1.165, 1.54) is 5.56 Å². The number of rotatable bonds is 4. The molecular formula is C23H24N2O. The van der Waals surface area contributed by atoms with E-state index in [1.807, 2.05) is 24.3 Å². The standard InChI is InChI=1S/C23H24N2O/c1-15(2)17-9-11-22-19(13-17)10-12-21(25-22)18-7-4-8-20(14-18)24-23(26)16-5-3-6-16/h4,7-16H,3,5-6H2,1-2H3,(H,24,26). The Hall–Kier alpha value is -2.68. The van der Waals surface area contributed by atoms with E-state index in [0.717, 1.165) is 47.1 Å². The van der Waals surface area contributed by atoms with Gasteiger partial charge in [0.05, 0.1) is 11.2 Å². The van der Waals surface area contributed by atoms with Crippen molar-refractivity contribution >= 4 is 22.5 Å². The minimum Gasteiger partial charge on any atom is -0.326 e. The number of carbonyl (C=O) groups is 1. The normalized spacial score (nSPS) is 14.4. The SMILES string of the molecule is CC(C)c1ccc2nc(-c3cccc(NC(=O)C4CCC4)c3)ccc2c1. The van der Waals surface area contributed by atoms with Crippen molar-refractivity contribution in [1.29, 1.82) is 0 Å². The zero-order valence-corrected chi connectivity index (χ0v) is 15.3. The first kappa shape index (κ1) is 16.8. The first-order valence-corrected chi connectivity index (χ1v) is 9.42. The fourth-order valence-corrected chi connectivity index (χ4v) is 3.33. The summed E-state index contributed by atoms with van der Waals surface area (Å²) in [5.74, 6) is 0.837. The first-order chi connectivity index (χ1) is 12.6. The molecule has 0 radical (unpaired) electrons. The van der Waals surface area contributed by atoms with Crippen LogP contribution >= 0.6 is 0 Å². The number of nitrogens with one attached hydrogen (secondary N) is 1. The Bertz CT molecular complexity index is 957. The maximum Gasteiger partial charge on any atom is 0.227 e. The molecule has 2 aromatic carbocycles. The predicted molar refractivity (Wildman–Crippen MR) is 107 cm³/mol. The van der Waals surface area contributed by atoms with E-state index >= 15 is 0 Å². The smallest absolute Gasteiger partial charge is 0.227 e. The number of amides is 1. The lowest BCUT2D eigenvalue weighted by molar-refractivity contribution is -0.122. The molecule has 1 aliphatic rings. The van der Waals surface area contributed by atoms with Gasteiger partial charge in [0, 0.05) is 22.6 Å². The van der Waals surface area contributed by atoms with Crippen LogP contribution in [-0.2, 0) is 4.79 Å². The number of hydrogen-bond donors (Lipinski definition) is 1. The molecule has 132 valence electrons. The summed E-state index contributed by atoms with van der Waals surface area (Å²) in [6, 6.07) is 18.6. The van der Waals surface area contributed by atoms with Crippen LogP contribution in [0.15, 0.2) is 54.6 Å². The first-order valence-electron chi connectivity index (χ1n) is 9.42. The average Bonchev–Trinajstić information content (AvgIpc) is 2.59. The molecule has 1 aliphatic carbocycles. The fraction of sp³-hybridized carbons (Fsp3) is 0.304. The number of pyridine rings is 1. The number of hydrogen-bond acceptors (Lipinski definition) is 2. The van der Waals surface area contributed by atoms with E-state index < -0.39 is 0 Å². The van der Waals surface area contributed by atoms with Gasteiger partial charge in [-0.1, -0.05) is 44.5 Å². The molecule has 0 saturated heterocycles. The van der Waals surface area contributed by atoms with Crippen molar-refractivity contribution in [3.63, 3.8) is 0 Å². The second-order valence-electron chi connectivity index (χ2n) is 7.50. The highest BCUT2D eigenvalue weighted by molar-refractivity contribution is 5.93. The lowest BCUT2D eigenvalue weighted by atomic mass is 9.85. The molecule has 0 atom stereocenters. The Morgan fingerprint density at radius 1 is 1.08 bits per heavy atom. The van der Waals surface area contributed by atoms with Crippen molar-refractivity contribution in [2.75, 3.05) is 5.32 Å². The van der Waals surface area contributed by atoms with Crippen molar-refractivity contribution < 1.29 is 4.79 Å². The van der Waals surface area contributed by atoms with Gasteiger partial charge in [0.15, 0.2) is 0 Å². The number of aromatic nitrogens is 1. The van der Waals surface area contributed by atoms with Gasteiger partial charge in [-0.3, -0.25) is 4.79 Å². The molecule has 3 heteroatoms. The van der Waals surface area contributed by atoms with Crippen LogP contribution in [0, 0.1) is 5.92 Å². The highest BCUT2D eigenvalue weighted by Gasteiger charge is 2.25. The molecule has 0 bridgehead atoms. The van der Waals surface area contributed by atoms with Gasteiger partial charge in [0.1, 0.15) is 0 Å². The molecule has 0 unspecified atom stereocenters. The Morgan fingerprint density at radius 3 is 2.65 bits per heavy atom. The van der Waals surface area contributed by atoms with Crippen LogP contribution in [0.5, 0.6) is 0 Å². The van der Waals surface area contributed by atoms with Gasteiger partial charge in [0.2, 0.25) is 5.91 Å². The Morgan fingerprint density at radius 2 is 1.92 bits per heavy atom. The van der Waals surface area contributed by atoms with E-state index in [-0.39, 0.29) is 11.8 Å². The van der Waals surface area contributed by atoms with Crippen LogP contribution in [0.2, 0.25) is 0 Å². The van der Waals surface area contributed by atoms with E-state index in [1.54, 1.807) is 0 Å². The molecule has 1 saturated carbocycles. The summed E-state index contributed by atoms with van der Waals surface area (Å²) in [6.07, 6.45) is 3.18. The third kappa shape index (κ3) is 3.34. The second kappa shape index (κ2) is 6.91. The van der Waals surface area contributed by atoms with Crippen LogP contribution in [0.4, 0.5) is 5.69 Å². The van der Waals surface area contributed by atoms with Gasteiger partial charge in [-0.25, -0.2) is 4.98 Å². The highest BCUT2D eigenvalue weighted by Crippen LogP contribution is 2.29. The number of anilines is 1. The van der Waals surface area contributed by atoms with Gasteiger partial charge >= 0.3 is 0 Å². The van der Waals surface area contributed by atoms with E-state index in [4.69, 9.17) is 4.98 Å². The molecule has 1 fully saturated rings. The van der Waals surface area contributed by atoms with Crippen LogP contribution < -0.4 is 5.32 Å². The summed E-state index contributed by atoms with van der Waals surface area (Å²) < 4.78 is 0. The minimum atomic E-state index is 0.140. The molecule has 4 rings (SSSR count). The lowest BCUT2D eigenvalue weighted by Gasteiger charge is -2.24. The number of benzene rings is 2. The van der Waals surface area contributed by atoms with Gasteiger partial charge in [-0.05, 0) is 54.7 Å². The van der Waals surface area contributed by atoms with Crippen LogP contribution in [0.3, 0.4) is 0 Å². The molecule has 0 aliphatic heterocycles. The molecule has 26 heavy (non-hydrogen) atoms. The molecule has 1 N–H and O–H groups in total. The van der Waals surface area contributed by atoms with Gasteiger partial charge < -0.3 is 5.32 Å². The van der Waals surface area contributed by atoms with Crippen LogP contribution in [0.25, 0.3) is 22.2 Å². The summed E-state index contributed by atoms with van der Waals surface area (Å²) in [5.41, 5.74) is 5.11. The summed E-state index contributed by atoms with van der Waals surface area (Å²) in [7, 11) is 0. The minimum absolute atomic E-state index is 0.140. The summed E-state index contributed by atoms with van der Waals surface area (Å²) in [4.78, 5) is 17.0. The fourth-order valence-electron chi connectivity index (χ4n) is 3.33. The van der Waals surface area contributed by atoms with E-state index in [9.17, 15) is 4.79 Å². The average molecular weight is 344 g/mol. The third-order valence-corrected chi connectivity index (χ3v) is 5.28. The van der Waals surface area contributed by atoms with Crippen molar-refractivity contribution in [1.82, 2.24) is 4.98 Å². The Kier molecular flexibility index (Phi) is 4.46. The molecule has 1 amide bonds. The second-order valence-corrected chi connectivity index (χ2v) is 7.50. The maximum atomic E-state index is 12.2. The number of nitrogens with zero attached hydrogens (tertiary/aromatic N) is 1. The number of fused-ring (bicyclic) bond motifs is 1. The van der Waals surface area contributed by atoms with Crippen LogP contribution in [0.1, 0.15) is 44.6 Å². The number of carbonyl (C=O) groups excluding carboxylic acids is 1. The van der Waals surface area contributed by atoms with Crippen LogP contribution in [-0.4, -0.2) is 10.9 Å². The van der Waals surface area contributed by atoms with Crippen molar-refractivity contribution in [2.24, 2.45) is 5.92 Å². The molecule has 1 heterocycles. The largest absolute Gasteiger partial charge is 0.326 e. The topological polar surface area (TPSA) is 42.0 Å². The lowest BCUT2D eigenvalue weighted by Crippen LogP contribution is -2.27. The monoisotopic (exact) mass is 344 g/mol. The summed E-state index contributed by atoms with van der Waals surface area (Å²) in [6.45, 7) is 4.40. The van der Waals surface area contributed by atoms with Crippen molar-refractivity contribution in [2.45, 2.75) is 39.0 Å². The maximum absolute atomic E-state index is 12.2. The molecule has 1 aromatic heterocycles. The van der Waals surface area contributed by atoms with E-state index in [2.05, 4.69) is 49.5 Å². The highest BCUT2D eigenvalue weighted by atomic mass is 16.1. The molecule has 0 spiro atoms. The quantitative estimate of drug-likeness (QED) is 0.653. The molecule has 3 nitrogen and oxygen atoms in total. The van der Waals surface area contributed by atoms with Gasteiger partial charge in [-0.2, -0.15) is 0 Å². The zero-order chi connectivity index (χ0) is 18.1. The van der Waals surface area contributed by atoms with Gasteiger partial charge in [0.25, 0.3) is 0 Å².